The van der Waals surface area contributed by atoms with Crippen LogP contribution in [0.4, 0.5) is 10.6 Å². The van der Waals surface area contributed by atoms with Gasteiger partial charge >= 0.3 is 6.03 Å². The van der Waals surface area contributed by atoms with Gasteiger partial charge in [-0.2, -0.15) is 0 Å². The SMILES string of the molecule is O=C(NCc1ccc(Cn2ccccc2=O)cc1)Nc1cc(-c2ccccc2)on1. The van der Waals surface area contributed by atoms with Crippen LogP contribution in [0.1, 0.15) is 11.1 Å². The lowest BCUT2D eigenvalue weighted by Gasteiger charge is -2.08. The molecule has 2 amide bonds. The van der Waals surface area contributed by atoms with E-state index in [1.807, 2.05) is 60.7 Å². The Balaban J connectivity index is 1.29. The van der Waals surface area contributed by atoms with Crippen molar-refractivity contribution in [2.75, 3.05) is 5.32 Å². The van der Waals surface area contributed by atoms with Gasteiger partial charge in [0.1, 0.15) is 0 Å². The molecule has 2 aromatic carbocycles. The molecule has 30 heavy (non-hydrogen) atoms. The number of amides is 2. The summed E-state index contributed by atoms with van der Waals surface area (Å²) in [6.45, 7) is 0.866. The number of hydrogen-bond acceptors (Lipinski definition) is 4. The van der Waals surface area contributed by atoms with Crippen LogP contribution in [0.2, 0.25) is 0 Å². The van der Waals surface area contributed by atoms with Crippen LogP contribution in [0, 0.1) is 0 Å². The average molecular weight is 400 g/mol. The van der Waals surface area contributed by atoms with E-state index in [0.717, 1.165) is 16.7 Å². The fourth-order valence-electron chi connectivity index (χ4n) is 2.97. The summed E-state index contributed by atoms with van der Waals surface area (Å²) in [5.41, 5.74) is 2.80. The third-order valence-corrected chi connectivity index (χ3v) is 4.54. The summed E-state index contributed by atoms with van der Waals surface area (Å²) in [5, 5.41) is 9.32. The standard InChI is InChI=1S/C23H20N4O3/c28-22-8-4-5-13-27(22)16-18-11-9-17(10-12-18)15-24-23(29)25-21-14-20(30-26-21)19-6-2-1-3-7-19/h1-14H,15-16H2,(H2,24,25,26,29). The van der Waals surface area contributed by atoms with Gasteiger partial charge < -0.3 is 14.4 Å². The molecule has 4 rings (SSSR count). The molecular formula is C23H20N4O3. The number of benzene rings is 2. The van der Waals surface area contributed by atoms with Gasteiger partial charge in [-0.25, -0.2) is 4.79 Å². The van der Waals surface area contributed by atoms with Gasteiger partial charge in [-0.3, -0.25) is 10.1 Å². The zero-order valence-electron chi connectivity index (χ0n) is 16.1. The molecule has 2 N–H and O–H groups in total. The van der Waals surface area contributed by atoms with E-state index in [0.29, 0.717) is 24.7 Å². The number of carbonyl (C=O) groups excluding carboxylic acids is 1. The van der Waals surface area contributed by atoms with Gasteiger partial charge in [0.05, 0.1) is 6.54 Å². The molecule has 0 saturated heterocycles. The van der Waals surface area contributed by atoms with E-state index >= 15 is 0 Å². The smallest absolute Gasteiger partial charge is 0.320 e. The lowest BCUT2D eigenvalue weighted by atomic mass is 10.1. The number of nitrogens with zero attached hydrogens (tertiary/aromatic N) is 2. The van der Waals surface area contributed by atoms with Crippen molar-refractivity contribution in [2.24, 2.45) is 0 Å². The van der Waals surface area contributed by atoms with E-state index in [9.17, 15) is 9.59 Å². The Kier molecular flexibility index (Phi) is 5.70. The summed E-state index contributed by atoms with van der Waals surface area (Å²) in [4.78, 5) is 23.9. The normalized spacial score (nSPS) is 10.5. The maximum Gasteiger partial charge on any atom is 0.320 e. The first-order valence-corrected chi connectivity index (χ1v) is 9.48. The van der Waals surface area contributed by atoms with Gasteiger partial charge in [0.15, 0.2) is 11.6 Å². The Labute approximate surface area is 173 Å². The van der Waals surface area contributed by atoms with Crippen molar-refractivity contribution in [1.82, 2.24) is 15.0 Å². The summed E-state index contributed by atoms with van der Waals surface area (Å²) in [6.07, 6.45) is 1.76. The highest BCUT2D eigenvalue weighted by molar-refractivity contribution is 5.88. The van der Waals surface area contributed by atoms with Gasteiger partial charge in [0, 0.05) is 30.4 Å². The fourth-order valence-corrected chi connectivity index (χ4v) is 2.97. The summed E-state index contributed by atoms with van der Waals surface area (Å²) in [7, 11) is 0. The zero-order valence-corrected chi connectivity index (χ0v) is 16.1. The topological polar surface area (TPSA) is 89.2 Å². The van der Waals surface area contributed by atoms with Crippen LogP contribution in [0.15, 0.2) is 94.4 Å². The van der Waals surface area contributed by atoms with E-state index in [4.69, 9.17) is 4.52 Å². The number of urea groups is 1. The number of aromatic nitrogens is 2. The molecule has 0 bridgehead atoms. The average Bonchev–Trinajstić information content (AvgIpc) is 3.24. The first kappa shape index (κ1) is 19.2. The number of anilines is 1. The molecule has 0 fully saturated rings. The summed E-state index contributed by atoms with van der Waals surface area (Å²) < 4.78 is 6.91. The molecule has 0 radical (unpaired) electrons. The number of rotatable bonds is 6. The first-order valence-electron chi connectivity index (χ1n) is 9.48. The van der Waals surface area contributed by atoms with Crippen LogP contribution >= 0.6 is 0 Å². The molecule has 0 aliphatic heterocycles. The van der Waals surface area contributed by atoms with Crippen LogP contribution in [-0.2, 0) is 13.1 Å². The first-order chi connectivity index (χ1) is 14.7. The Bertz CT molecular complexity index is 1180. The van der Waals surface area contributed by atoms with Crippen molar-refractivity contribution in [1.29, 1.82) is 0 Å². The molecule has 0 unspecified atom stereocenters. The Morgan fingerprint density at radius 3 is 2.43 bits per heavy atom. The molecule has 0 spiro atoms. The molecule has 7 nitrogen and oxygen atoms in total. The Morgan fingerprint density at radius 2 is 1.67 bits per heavy atom. The molecule has 0 aliphatic rings. The van der Waals surface area contributed by atoms with Gasteiger partial charge in [0.25, 0.3) is 5.56 Å². The summed E-state index contributed by atoms with van der Waals surface area (Å²) in [6, 6.07) is 23.7. The third kappa shape index (κ3) is 4.82. The van der Waals surface area contributed by atoms with Gasteiger partial charge in [-0.15, -0.1) is 0 Å². The van der Waals surface area contributed by atoms with E-state index in [-0.39, 0.29) is 11.6 Å². The second kappa shape index (κ2) is 8.91. The van der Waals surface area contributed by atoms with Crippen molar-refractivity contribution >= 4 is 11.8 Å². The Morgan fingerprint density at radius 1 is 0.933 bits per heavy atom. The van der Waals surface area contributed by atoms with E-state index in [1.165, 1.54) is 6.07 Å². The predicted molar refractivity (Wildman–Crippen MR) is 114 cm³/mol. The fraction of sp³-hybridized carbons (Fsp3) is 0.0870. The molecule has 150 valence electrons. The van der Waals surface area contributed by atoms with Crippen LogP contribution in [0.5, 0.6) is 0 Å². The lowest BCUT2D eigenvalue weighted by molar-refractivity contribution is 0.251. The number of carbonyl (C=O) groups is 1. The molecule has 2 heterocycles. The second-order valence-corrected chi connectivity index (χ2v) is 6.73. The zero-order chi connectivity index (χ0) is 20.8. The van der Waals surface area contributed by atoms with Gasteiger partial charge in [-0.05, 0) is 17.2 Å². The van der Waals surface area contributed by atoms with Crippen molar-refractivity contribution in [2.45, 2.75) is 13.1 Å². The highest BCUT2D eigenvalue weighted by Gasteiger charge is 2.09. The molecular weight excluding hydrogens is 380 g/mol. The van der Waals surface area contributed by atoms with Crippen molar-refractivity contribution < 1.29 is 9.32 Å². The quantitative estimate of drug-likeness (QED) is 0.514. The van der Waals surface area contributed by atoms with Crippen molar-refractivity contribution in [3.63, 3.8) is 0 Å². The molecule has 7 heteroatoms. The minimum absolute atomic E-state index is 0.0387. The van der Waals surface area contributed by atoms with Crippen LogP contribution in [0.3, 0.4) is 0 Å². The van der Waals surface area contributed by atoms with Crippen molar-refractivity contribution in [3.05, 3.63) is 107 Å². The van der Waals surface area contributed by atoms with Gasteiger partial charge in [0.2, 0.25) is 0 Å². The predicted octanol–water partition coefficient (Wildman–Crippen LogP) is 3.87. The minimum Gasteiger partial charge on any atom is -0.354 e. The summed E-state index contributed by atoms with van der Waals surface area (Å²) in [5.74, 6) is 0.925. The number of nitrogens with one attached hydrogen (secondary N) is 2. The van der Waals surface area contributed by atoms with E-state index in [1.54, 1.807) is 22.9 Å². The van der Waals surface area contributed by atoms with Gasteiger partial charge in [-0.1, -0.05) is 65.8 Å². The second-order valence-electron chi connectivity index (χ2n) is 6.73. The highest BCUT2D eigenvalue weighted by Crippen LogP contribution is 2.21. The molecule has 0 saturated carbocycles. The molecule has 2 aromatic heterocycles. The number of pyridine rings is 1. The lowest BCUT2D eigenvalue weighted by Crippen LogP contribution is -2.28. The van der Waals surface area contributed by atoms with Crippen molar-refractivity contribution in [3.8, 4) is 11.3 Å². The highest BCUT2D eigenvalue weighted by atomic mass is 16.5. The van der Waals surface area contributed by atoms with E-state index < -0.39 is 0 Å². The number of hydrogen-bond donors (Lipinski definition) is 2. The minimum atomic E-state index is -0.372. The monoisotopic (exact) mass is 400 g/mol. The molecule has 0 aliphatic carbocycles. The molecule has 4 aromatic rings. The summed E-state index contributed by atoms with van der Waals surface area (Å²) >= 11 is 0. The molecule has 0 atom stereocenters. The van der Waals surface area contributed by atoms with Crippen LogP contribution < -0.4 is 16.2 Å². The largest absolute Gasteiger partial charge is 0.354 e. The maximum atomic E-state index is 12.1. The van der Waals surface area contributed by atoms with Crippen LogP contribution in [0.25, 0.3) is 11.3 Å². The third-order valence-electron chi connectivity index (χ3n) is 4.54. The van der Waals surface area contributed by atoms with Crippen LogP contribution in [-0.4, -0.2) is 15.8 Å². The Hall–Kier alpha value is -4.13. The van der Waals surface area contributed by atoms with E-state index in [2.05, 4.69) is 15.8 Å². The maximum absolute atomic E-state index is 12.1.